The van der Waals surface area contributed by atoms with Crippen LogP contribution in [0.4, 0.5) is 0 Å². The Morgan fingerprint density at radius 3 is 2.86 bits per heavy atom. The number of nitrogens with one attached hydrogen (secondary N) is 2. The van der Waals surface area contributed by atoms with E-state index in [0.29, 0.717) is 6.54 Å². The number of furan rings is 1. The van der Waals surface area contributed by atoms with Crippen LogP contribution in [0.1, 0.15) is 55.1 Å². The van der Waals surface area contributed by atoms with Crippen LogP contribution < -0.4 is 10.6 Å². The highest BCUT2D eigenvalue weighted by Gasteiger charge is 2.25. The molecule has 28 heavy (non-hydrogen) atoms. The Morgan fingerprint density at radius 1 is 1.32 bits per heavy atom. The number of hydrogen-bond donors (Lipinski definition) is 2. The lowest BCUT2D eigenvalue weighted by atomic mass is 10.2. The first-order valence-corrected chi connectivity index (χ1v) is 11.3. The van der Waals surface area contributed by atoms with Gasteiger partial charge in [-0.05, 0) is 71.2 Å². The highest BCUT2D eigenvalue weighted by molar-refractivity contribution is 7.09. The number of unbranched alkanes of at least 4 members (excludes halogenated alkanes) is 1. The molecule has 1 saturated heterocycles. The minimum Gasteiger partial charge on any atom is -0.468 e. The lowest BCUT2D eigenvalue weighted by Crippen LogP contribution is -2.38. The summed E-state index contributed by atoms with van der Waals surface area (Å²) in [6.45, 7) is 8.90. The Morgan fingerprint density at radius 2 is 2.18 bits per heavy atom. The topological polar surface area (TPSA) is 65.7 Å². The quantitative estimate of drug-likeness (QED) is 0.359. The van der Waals surface area contributed by atoms with Gasteiger partial charge in [0.15, 0.2) is 5.96 Å². The highest BCUT2D eigenvalue weighted by Crippen LogP contribution is 2.25. The Kier molecular flexibility index (Phi) is 8.36. The standard InChI is InChI=1S/C21H33N5OS/c1-3-22-21(23-11-5-4-10-20-25-17(2)16-28-20)24-15-18(19-9-8-14-27-19)26-12-6-7-13-26/h8-9,14,16,18H,3-7,10-13,15H2,1-2H3,(H2,22,23,24). The van der Waals surface area contributed by atoms with Gasteiger partial charge in [0.05, 0.1) is 23.9 Å². The summed E-state index contributed by atoms with van der Waals surface area (Å²) in [6.07, 6.45) is 7.59. The van der Waals surface area contributed by atoms with E-state index in [1.165, 1.54) is 17.8 Å². The molecular weight excluding hydrogens is 370 g/mol. The molecule has 0 aromatic carbocycles. The van der Waals surface area contributed by atoms with Crippen molar-refractivity contribution in [2.45, 2.75) is 52.0 Å². The predicted molar refractivity (Wildman–Crippen MR) is 116 cm³/mol. The van der Waals surface area contributed by atoms with Crippen LogP contribution in [0.3, 0.4) is 0 Å². The molecule has 1 fully saturated rings. The maximum Gasteiger partial charge on any atom is 0.191 e. The number of likely N-dealkylation sites (tertiary alicyclic amines) is 1. The third-order valence-corrected chi connectivity index (χ3v) is 6.02. The molecule has 6 nitrogen and oxygen atoms in total. The lowest BCUT2D eigenvalue weighted by Gasteiger charge is -2.24. The van der Waals surface area contributed by atoms with Crippen molar-refractivity contribution in [3.63, 3.8) is 0 Å². The summed E-state index contributed by atoms with van der Waals surface area (Å²) in [4.78, 5) is 11.9. The van der Waals surface area contributed by atoms with Crippen molar-refractivity contribution in [3.05, 3.63) is 40.2 Å². The Balaban J connectivity index is 1.47. The number of hydrogen-bond acceptors (Lipinski definition) is 5. The van der Waals surface area contributed by atoms with Gasteiger partial charge in [-0.3, -0.25) is 9.89 Å². The molecule has 3 rings (SSSR count). The summed E-state index contributed by atoms with van der Waals surface area (Å²) in [6, 6.07) is 4.26. The van der Waals surface area contributed by atoms with Gasteiger partial charge in [0.1, 0.15) is 5.76 Å². The molecule has 7 heteroatoms. The zero-order chi connectivity index (χ0) is 19.6. The van der Waals surface area contributed by atoms with E-state index in [-0.39, 0.29) is 6.04 Å². The lowest BCUT2D eigenvalue weighted by molar-refractivity contribution is 0.221. The van der Waals surface area contributed by atoms with Gasteiger partial charge in [-0.25, -0.2) is 4.98 Å². The minimum absolute atomic E-state index is 0.223. The molecule has 0 saturated carbocycles. The van der Waals surface area contributed by atoms with Gasteiger partial charge in [0.25, 0.3) is 0 Å². The number of guanidine groups is 1. The van der Waals surface area contributed by atoms with Crippen LogP contribution in [0.25, 0.3) is 0 Å². The van der Waals surface area contributed by atoms with Crippen molar-refractivity contribution in [2.24, 2.45) is 4.99 Å². The van der Waals surface area contributed by atoms with Crippen LogP contribution in [0.2, 0.25) is 0 Å². The van der Waals surface area contributed by atoms with E-state index in [4.69, 9.17) is 9.41 Å². The second kappa shape index (κ2) is 11.2. The minimum atomic E-state index is 0.223. The average molecular weight is 404 g/mol. The van der Waals surface area contributed by atoms with Gasteiger partial charge in [0.2, 0.25) is 0 Å². The molecule has 0 spiro atoms. The number of aliphatic imine (C=N–C) groups is 1. The van der Waals surface area contributed by atoms with Crippen molar-refractivity contribution in [1.29, 1.82) is 0 Å². The van der Waals surface area contributed by atoms with E-state index in [0.717, 1.165) is 62.9 Å². The summed E-state index contributed by atoms with van der Waals surface area (Å²) in [7, 11) is 0. The van der Waals surface area contributed by atoms with Crippen LogP contribution >= 0.6 is 11.3 Å². The normalized spacial score (nSPS) is 16.4. The first-order chi connectivity index (χ1) is 13.8. The molecule has 2 aromatic rings. The van der Waals surface area contributed by atoms with Crippen molar-refractivity contribution < 1.29 is 4.42 Å². The number of rotatable bonds is 10. The molecule has 0 aliphatic carbocycles. The van der Waals surface area contributed by atoms with Gasteiger partial charge in [-0.2, -0.15) is 0 Å². The van der Waals surface area contributed by atoms with Crippen LogP contribution in [0.15, 0.2) is 33.2 Å². The number of aryl methyl sites for hydroxylation is 2. The van der Waals surface area contributed by atoms with Gasteiger partial charge < -0.3 is 15.1 Å². The van der Waals surface area contributed by atoms with Gasteiger partial charge in [-0.15, -0.1) is 11.3 Å². The Hall–Kier alpha value is -1.86. The maximum atomic E-state index is 5.70. The summed E-state index contributed by atoms with van der Waals surface area (Å²) in [5, 5.41) is 10.2. The Labute approximate surface area is 172 Å². The monoisotopic (exact) mass is 403 g/mol. The fourth-order valence-electron chi connectivity index (χ4n) is 3.56. The third-order valence-electron chi connectivity index (χ3n) is 5.00. The Bertz CT molecular complexity index is 706. The average Bonchev–Trinajstić information content (AvgIpc) is 3.45. The molecule has 2 N–H and O–H groups in total. The fourth-order valence-corrected chi connectivity index (χ4v) is 4.38. The number of thiazole rings is 1. The van der Waals surface area contributed by atoms with E-state index in [2.05, 4.69) is 45.8 Å². The molecular formula is C21H33N5OS. The molecule has 0 bridgehead atoms. The first kappa shape index (κ1) is 20.9. The van der Waals surface area contributed by atoms with E-state index < -0.39 is 0 Å². The molecule has 0 radical (unpaired) electrons. The maximum absolute atomic E-state index is 5.70. The zero-order valence-corrected chi connectivity index (χ0v) is 17.9. The molecule has 1 unspecified atom stereocenters. The second-order valence-corrected chi connectivity index (χ2v) is 8.20. The molecule has 1 aliphatic rings. The fraction of sp³-hybridized carbons (Fsp3) is 0.619. The van der Waals surface area contributed by atoms with Crippen LogP contribution in [0, 0.1) is 6.92 Å². The number of aromatic nitrogens is 1. The van der Waals surface area contributed by atoms with Crippen molar-refractivity contribution in [1.82, 2.24) is 20.5 Å². The van der Waals surface area contributed by atoms with Gasteiger partial charge in [-0.1, -0.05) is 0 Å². The predicted octanol–water partition coefficient (Wildman–Crippen LogP) is 3.76. The highest BCUT2D eigenvalue weighted by atomic mass is 32.1. The van der Waals surface area contributed by atoms with Gasteiger partial charge in [0, 0.05) is 24.2 Å². The first-order valence-electron chi connectivity index (χ1n) is 10.5. The zero-order valence-electron chi connectivity index (χ0n) is 17.1. The molecule has 1 aliphatic heterocycles. The molecule has 1 atom stereocenters. The van der Waals surface area contributed by atoms with Crippen molar-refractivity contribution in [3.8, 4) is 0 Å². The molecule has 0 amide bonds. The van der Waals surface area contributed by atoms with E-state index in [9.17, 15) is 0 Å². The van der Waals surface area contributed by atoms with Crippen LogP contribution in [0.5, 0.6) is 0 Å². The molecule has 2 aromatic heterocycles. The smallest absolute Gasteiger partial charge is 0.191 e. The summed E-state index contributed by atoms with van der Waals surface area (Å²) >= 11 is 1.76. The summed E-state index contributed by atoms with van der Waals surface area (Å²) in [5.41, 5.74) is 1.13. The largest absolute Gasteiger partial charge is 0.468 e. The SMILES string of the molecule is CCNC(=NCC(c1ccco1)N1CCCC1)NCCCCc1nc(C)cs1. The third kappa shape index (κ3) is 6.34. The van der Waals surface area contributed by atoms with Crippen molar-refractivity contribution >= 4 is 17.3 Å². The van der Waals surface area contributed by atoms with Crippen LogP contribution in [-0.4, -0.2) is 48.6 Å². The van der Waals surface area contributed by atoms with Gasteiger partial charge >= 0.3 is 0 Å². The van der Waals surface area contributed by atoms with E-state index in [1.54, 1.807) is 17.6 Å². The molecule has 154 valence electrons. The number of nitrogens with zero attached hydrogens (tertiary/aromatic N) is 3. The van der Waals surface area contributed by atoms with Crippen molar-refractivity contribution in [2.75, 3.05) is 32.7 Å². The summed E-state index contributed by atoms with van der Waals surface area (Å²) in [5.74, 6) is 1.91. The second-order valence-electron chi connectivity index (χ2n) is 7.26. The van der Waals surface area contributed by atoms with Crippen LogP contribution in [-0.2, 0) is 6.42 Å². The van der Waals surface area contributed by atoms with E-state index >= 15 is 0 Å². The summed E-state index contributed by atoms with van der Waals surface area (Å²) < 4.78 is 5.70. The van der Waals surface area contributed by atoms with E-state index in [1.807, 2.05) is 6.07 Å². The molecule has 3 heterocycles.